The van der Waals surface area contributed by atoms with Crippen molar-refractivity contribution in [1.82, 2.24) is 25.3 Å². The van der Waals surface area contributed by atoms with Crippen molar-refractivity contribution in [2.75, 3.05) is 11.9 Å². The molecule has 9 heteroatoms. The van der Waals surface area contributed by atoms with E-state index < -0.39 is 11.8 Å². The fourth-order valence-electron chi connectivity index (χ4n) is 2.47. The molecular weight excluding hydrogens is 360 g/mol. The summed E-state index contributed by atoms with van der Waals surface area (Å²) in [6.07, 6.45) is 6.70. The highest BCUT2D eigenvalue weighted by Crippen LogP contribution is 2.12. The van der Waals surface area contributed by atoms with Crippen LogP contribution in [0.4, 0.5) is 5.69 Å². The van der Waals surface area contributed by atoms with Gasteiger partial charge in [-0.3, -0.25) is 14.4 Å². The number of anilines is 1. The molecule has 0 aliphatic heterocycles. The minimum Gasteiger partial charge on any atom is -0.343 e. The standard InChI is InChI=1S/C19H16N6O3/c1-3-13-5-4-6-14(9-13)22-18(27)11-20-19(28)15-10-21-25(12(15)2)16-7-8-17(26)24-23-16/h1,4-10H,11H2,2H3,(H,20,28)(H,22,27)(H,24,26). The van der Waals surface area contributed by atoms with E-state index in [1.807, 2.05) is 0 Å². The molecule has 9 nitrogen and oxygen atoms in total. The zero-order chi connectivity index (χ0) is 20.1. The van der Waals surface area contributed by atoms with Gasteiger partial charge in [0.15, 0.2) is 5.82 Å². The predicted molar refractivity (Wildman–Crippen MR) is 102 cm³/mol. The summed E-state index contributed by atoms with van der Waals surface area (Å²) in [4.78, 5) is 35.5. The van der Waals surface area contributed by atoms with E-state index in [2.05, 4.69) is 31.9 Å². The molecule has 3 N–H and O–H groups in total. The Bertz CT molecular complexity index is 1120. The number of aromatic nitrogens is 4. The molecule has 3 aromatic rings. The van der Waals surface area contributed by atoms with Crippen LogP contribution in [0.2, 0.25) is 0 Å². The smallest absolute Gasteiger partial charge is 0.264 e. The van der Waals surface area contributed by atoms with Gasteiger partial charge in [-0.25, -0.2) is 9.78 Å². The molecule has 0 aliphatic carbocycles. The first kappa shape index (κ1) is 18.6. The lowest BCUT2D eigenvalue weighted by Gasteiger charge is -2.07. The minimum atomic E-state index is -0.458. The molecule has 28 heavy (non-hydrogen) atoms. The Morgan fingerprint density at radius 2 is 2.11 bits per heavy atom. The van der Waals surface area contributed by atoms with Crippen LogP contribution in [0.5, 0.6) is 0 Å². The highest BCUT2D eigenvalue weighted by Gasteiger charge is 2.16. The first-order chi connectivity index (χ1) is 13.5. The molecule has 1 aromatic carbocycles. The number of rotatable bonds is 5. The first-order valence-corrected chi connectivity index (χ1v) is 8.23. The number of aromatic amines is 1. The van der Waals surface area contributed by atoms with E-state index in [0.717, 1.165) is 0 Å². The summed E-state index contributed by atoms with van der Waals surface area (Å²) in [6.45, 7) is 1.46. The number of hydrogen-bond acceptors (Lipinski definition) is 5. The van der Waals surface area contributed by atoms with Gasteiger partial charge < -0.3 is 10.6 Å². The van der Waals surface area contributed by atoms with E-state index in [1.165, 1.54) is 23.0 Å². The topological polar surface area (TPSA) is 122 Å². The van der Waals surface area contributed by atoms with Crippen molar-refractivity contribution in [2.24, 2.45) is 0 Å². The van der Waals surface area contributed by atoms with Gasteiger partial charge in [0.05, 0.1) is 24.0 Å². The lowest BCUT2D eigenvalue weighted by Crippen LogP contribution is -2.33. The van der Waals surface area contributed by atoms with Crippen LogP contribution in [-0.2, 0) is 4.79 Å². The van der Waals surface area contributed by atoms with Crippen LogP contribution in [0, 0.1) is 19.3 Å². The molecule has 0 radical (unpaired) electrons. The molecule has 0 spiro atoms. The number of carbonyl (C=O) groups is 2. The zero-order valence-electron chi connectivity index (χ0n) is 14.9. The Hall–Kier alpha value is -4.19. The van der Waals surface area contributed by atoms with Crippen molar-refractivity contribution in [3.63, 3.8) is 0 Å². The molecule has 0 atom stereocenters. The van der Waals surface area contributed by atoms with E-state index in [9.17, 15) is 14.4 Å². The quantitative estimate of drug-likeness (QED) is 0.564. The number of benzene rings is 1. The van der Waals surface area contributed by atoms with Gasteiger partial charge in [-0.05, 0) is 31.2 Å². The van der Waals surface area contributed by atoms with Gasteiger partial charge in [0.2, 0.25) is 5.91 Å². The number of terminal acetylenes is 1. The number of nitrogens with zero attached hydrogens (tertiary/aromatic N) is 3. The van der Waals surface area contributed by atoms with Gasteiger partial charge in [-0.1, -0.05) is 12.0 Å². The Kier molecular flexibility index (Phi) is 5.32. The second kappa shape index (κ2) is 8.01. The molecular formula is C19H16N6O3. The zero-order valence-corrected chi connectivity index (χ0v) is 14.9. The SMILES string of the molecule is C#Cc1cccc(NC(=O)CNC(=O)c2cnn(-c3ccc(=O)[nH]n3)c2C)c1. The Balaban J connectivity index is 1.63. The van der Waals surface area contributed by atoms with Crippen LogP contribution >= 0.6 is 0 Å². The van der Waals surface area contributed by atoms with Crippen molar-refractivity contribution in [3.05, 3.63) is 69.8 Å². The highest BCUT2D eigenvalue weighted by atomic mass is 16.2. The maximum absolute atomic E-state index is 12.4. The van der Waals surface area contributed by atoms with Crippen molar-refractivity contribution >= 4 is 17.5 Å². The predicted octanol–water partition coefficient (Wildman–Crippen LogP) is 0.614. The molecule has 0 fully saturated rings. The Morgan fingerprint density at radius 1 is 1.29 bits per heavy atom. The molecule has 2 amide bonds. The van der Waals surface area contributed by atoms with Gasteiger partial charge >= 0.3 is 0 Å². The van der Waals surface area contributed by atoms with Gasteiger partial charge in [-0.2, -0.15) is 10.2 Å². The Morgan fingerprint density at radius 3 is 2.82 bits per heavy atom. The number of amides is 2. The van der Waals surface area contributed by atoms with E-state index in [0.29, 0.717) is 22.8 Å². The van der Waals surface area contributed by atoms with E-state index in [1.54, 1.807) is 31.2 Å². The summed E-state index contributed by atoms with van der Waals surface area (Å²) in [7, 11) is 0. The van der Waals surface area contributed by atoms with Gasteiger partial charge in [-0.15, -0.1) is 6.42 Å². The van der Waals surface area contributed by atoms with E-state index in [-0.39, 0.29) is 17.7 Å². The van der Waals surface area contributed by atoms with Gasteiger partial charge in [0.25, 0.3) is 11.5 Å². The van der Waals surface area contributed by atoms with Crippen molar-refractivity contribution in [2.45, 2.75) is 6.92 Å². The minimum absolute atomic E-state index is 0.222. The summed E-state index contributed by atoms with van der Waals surface area (Å²) in [6, 6.07) is 9.62. The van der Waals surface area contributed by atoms with E-state index in [4.69, 9.17) is 6.42 Å². The number of hydrogen-bond donors (Lipinski definition) is 3. The maximum Gasteiger partial charge on any atom is 0.264 e. The number of H-pyrrole nitrogens is 1. The van der Waals surface area contributed by atoms with Gasteiger partial charge in [0.1, 0.15) is 0 Å². The van der Waals surface area contributed by atoms with Crippen LogP contribution in [0.15, 0.2) is 47.4 Å². The molecule has 2 aromatic heterocycles. The molecule has 0 saturated carbocycles. The monoisotopic (exact) mass is 376 g/mol. The summed E-state index contributed by atoms with van der Waals surface area (Å²) in [5.41, 5.74) is 1.64. The third kappa shape index (κ3) is 4.13. The average molecular weight is 376 g/mol. The third-order valence-corrected chi connectivity index (χ3v) is 3.86. The second-order valence-corrected chi connectivity index (χ2v) is 5.79. The largest absolute Gasteiger partial charge is 0.343 e. The fraction of sp³-hybridized carbons (Fsp3) is 0.105. The lowest BCUT2D eigenvalue weighted by molar-refractivity contribution is -0.115. The Labute approximate surface area is 159 Å². The van der Waals surface area contributed by atoms with Gasteiger partial charge in [0, 0.05) is 17.3 Å². The molecule has 0 unspecified atom stereocenters. The van der Waals surface area contributed by atoms with Crippen LogP contribution in [0.3, 0.4) is 0 Å². The fourth-order valence-corrected chi connectivity index (χ4v) is 2.47. The first-order valence-electron chi connectivity index (χ1n) is 8.23. The molecule has 2 heterocycles. The van der Waals surface area contributed by atoms with Crippen LogP contribution in [0.1, 0.15) is 21.6 Å². The van der Waals surface area contributed by atoms with Crippen LogP contribution in [-0.4, -0.2) is 38.3 Å². The maximum atomic E-state index is 12.4. The van der Waals surface area contributed by atoms with Crippen LogP contribution in [0.25, 0.3) is 5.82 Å². The molecule has 0 saturated heterocycles. The van der Waals surface area contributed by atoms with Crippen molar-refractivity contribution in [1.29, 1.82) is 0 Å². The van der Waals surface area contributed by atoms with Crippen molar-refractivity contribution in [3.8, 4) is 18.2 Å². The summed E-state index contributed by atoms with van der Waals surface area (Å²) in [5.74, 6) is 1.99. The summed E-state index contributed by atoms with van der Waals surface area (Å²) < 4.78 is 1.41. The summed E-state index contributed by atoms with van der Waals surface area (Å²) in [5, 5.41) is 15.5. The molecule has 0 aliphatic rings. The number of nitrogens with one attached hydrogen (secondary N) is 3. The second-order valence-electron chi connectivity index (χ2n) is 5.79. The average Bonchev–Trinajstić information content (AvgIpc) is 3.08. The molecule has 140 valence electrons. The summed E-state index contributed by atoms with van der Waals surface area (Å²) >= 11 is 0. The lowest BCUT2D eigenvalue weighted by atomic mass is 10.2. The highest BCUT2D eigenvalue weighted by molar-refractivity contribution is 5.99. The number of carbonyl (C=O) groups excluding carboxylic acids is 2. The third-order valence-electron chi connectivity index (χ3n) is 3.86. The molecule has 3 rings (SSSR count). The van der Waals surface area contributed by atoms with E-state index >= 15 is 0 Å². The van der Waals surface area contributed by atoms with Crippen molar-refractivity contribution < 1.29 is 9.59 Å². The van der Waals surface area contributed by atoms with Crippen LogP contribution < -0.4 is 16.2 Å². The molecule has 0 bridgehead atoms. The normalized spacial score (nSPS) is 10.1.